The van der Waals surface area contributed by atoms with Crippen LogP contribution < -0.4 is 0 Å². The number of aromatic nitrogens is 2. The molecule has 9 aromatic rings. The number of nitrogens with zero attached hydrogens (tertiary/aromatic N) is 4. The Morgan fingerprint density at radius 3 is 1.60 bits per heavy atom. The number of rotatable bonds is 4. The van der Waals surface area contributed by atoms with E-state index in [1.807, 2.05) is 42.5 Å². The largest absolute Gasteiger partial charge is 0.309 e. The maximum Gasteiger partial charge on any atom is 0.189 e. The molecule has 0 fully saturated rings. The van der Waals surface area contributed by atoms with Gasteiger partial charge in [0.2, 0.25) is 0 Å². The van der Waals surface area contributed by atoms with Crippen LogP contribution in [0.15, 0.2) is 158 Å². The molecule has 9 rings (SSSR count). The Morgan fingerprint density at radius 1 is 0.479 bits per heavy atom. The fourth-order valence-corrected chi connectivity index (χ4v) is 7.25. The summed E-state index contributed by atoms with van der Waals surface area (Å²) in [6, 6.07) is 56.9. The van der Waals surface area contributed by atoms with E-state index in [2.05, 4.69) is 129 Å². The SMILES string of the molecule is [C-]#[N+]c1cc(C#N)c(-n2c3ccccc3c3cc(-c4ccc5c(c4)c4ccccc4n5-c4ccccc4)ccc32)c(-c2ccccc2)c1. The minimum Gasteiger partial charge on any atom is -0.309 e. The molecule has 0 N–H and O–H groups in total. The van der Waals surface area contributed by atoms with Crippen LogP contribution in [-0.2, 0) is 0 Å². The summed E-state index contributed by atoms with van der Waals surface area (Å²) in [5.41, 5.74) is 11.3. The van der Waals surface area contributed by atoms with Crippen molar-refractivity contribution in [1.29, 1.82) is 5.26 Å². The van der Waals surface area contributed by atoms with E-state index in [1.165, 1.54) is 21.8 Å². The predicted octanol–water partition coefficient (Wildman–Crippen LogP) is 11.6. The third kappa shape index (κ3) is 4.14. The highest BCUT2D eigenvalue weighted by atomic mass is 15.0. The van der Waals surface area contributed by atoms with Crippen LogP contribution in [0.5, 0.6) is 0 Å². The molecule has 4 heteroatoms. The van der Waals surface area contributed by atoms with Gasteiger partial charge in [0.25, 0.3) is 0 Å². The molecule has 0 bridgehead atoms. The summed E-state index contributed by atoms with van der Waals surface area (Å²) < 4.78 is 4.53. The van der Waals surface area contributed by atoms with Gasteiger partial charge in [0.05, 0.1) is 39.9 Å². The third-order valence-electron chi connectivity index (χ3n) is 9.35. The summed E-state index contributed by atoms with van der Waals surface area (Å²) in [4.78, 5) is 3.70. The van der Waals surface area contributed by atoms with E-state index in [0.29, 0.717) is 11.3 Å². The van der Waals surface area contributed by atoms with Gasteiger partial charge in [-0.05, 0) is 82.9 Å². The minimum atomic E-state index is 0.446. The second-order valence-corrected chi connectivity index (χ2v) is 12.0. The van der Waals surface area contributed by atoms with E-state index in [0.717, 1.165) is 55.4 Å². The first-order chi connectivity index (χ1) is 23.7. The number of hydrogen-bond acceptors (Lipinski definition) is 1. The first-order valence-electron chi connectivity index (χ1n) is 15.9. The van der Waals surface area contributed by atoms with Gasteiger partial charge in [-0.15, -0.1) is 0 Å². The molecule has 0 saturated heterocycles. The van der Waals surface area contributed by atoms with Gasteiger partial charge in [-0.25, -0.2) is 4.85 Å². The minimum absolute atomic E-state index is 0.446. The normalized spacial score (nSPS) is 11.3. The number of fused-ring (bicyclic) bond motifs is 6. The van der Waals surface area contributed by atoms with Gasteiger partial charge >= 0.3 is 0 Å². The average molecular weight is 611 g/mol. The number of nitriles is 1. The zero-order valence-electron chi connectivity index (χ0n) is 25.8. The molecule has 0 aliphatic heterocycles. The van der Waals surface area contributed by atoms with Crippen molar-refractivity contribution in [2.45, 2.75) is 0 Å². The number of para-hydroxylation sites is 3. The van der Waals surface area contributed by atoms with E-state index in [1.54, 1.807) is 6.07 Å². The third-order valence-corrected chi connectivity index (χ3v) is 9.35. The van der Waals surface area contributed by atoms with Crippen molar-refractivity contribution in [3.8, 4) is 39.7 Å². The van der Waals surface area contributed by atoms with Crippen molar-refractivity contribution in [1.82, 2.24) is 9.13 Å². The van der Waals surface area contributed by atoms with Crippen LogP contribution in [0.25, 0.3) is 82.1 Å². The Bertz CT molecular complexity index is 2790. The molecule has 4 nitrogen and oxygen atoms in total. The maximum absolute atomic E-state index is 10.4. The Balaban J connectivity index is 1.29. The zero-order chi connectivity index (χ0) is 32.2. The Labute approximate surface area is 277 Å². The Kier molecular flexibility index (Phi) is 6.22. The molecule has 0 spiro atoms. The molecule has 0 amide bonds. The second kappa shape index (κ2) is 10.9. The molecule has 0 aliphatic carbocycles. The van der Waals surface area contributed by atoms with E-state index in [-0.39, 0.29) is 0 Å². The lowest BCUT2D eigenvalue weighted by Gasteiger charge is -2.17. The van der Waals surface area contributed by atoms with E-state index in [9.17, 15) is 5.26 Å². The first-order valence-corrected chi connectivity index (χ1v) is 15.9. The maximum atomic E-state index is 10.4. The molecule has 0 saturated carbocycles. The number of benzene rings is 7. The van der Waals surface area contributed by atoms with Crippen molar-refractivity contribution in [2.75, 3.05) is 0 Å². The van der Waals surface area contributed by atoms with Crippen LogP contribution >= 0.6 is 0 Å². The highest BCUT2D eigenvalue weighted by Crippen LogP contribution is 2.42. The van der Waals surface area contributed by atoms with Gasteiger partial charge < -0.3 is 9.13 Å². The van der Waals surface area contributed by atoms with Crippen LogP contribution in [0.1, 0.15) is 5.56 Å². The first kappa shape index (κ1) is 27.4. The lowest BCUT2D eigenvalue weighted by atomic mass is 9.98. The Hall–Kier alpha value is -6.88. The summed E-state index contributed by atoms with van der Waals surface area (Å²) in [6.07, 6.45) is 0. The molecular formula is C44H26N4. The Morgan fingerprint density at radius 2 is 1.00 bits per heavy atom. The fourth-order valence-electron chi connectivity index (χ4n) is 7.25. The quantitative estimate of drug-likeness (QED) is 0.183. The van der Waals surface area contributed by atoms with Crippen LogP contribution in [0.3, 0.4) is 0 Å². The topological polar surface area (TPSA) is 38.0 Å². The molecule has 222 valence electrons. The highest BCUT2D eigenvalue weighted by molar-refractivity contribution is 6.13. The van der Waals surface area contributed by atoms with E-state index >= 15 is 0 Å². The smallest absolute Gasteiger partial charge is 0.189 e. The van der Waals surface area contributed by atoms with Crippen molar-refractivity contribution in [3.63, 3.8) is 0 Å². The van der Waals surface area contributed by atoms with Gasteiger partial charge in [-0.1, -0.05) is 97.1 Å². The van der Waals surface area contributed by atoms with Crippen molar-refractivity contribution in [3.05, 3.63) is 175 Å². The molecule has 7 aromatic carbocycles. The predicted molar refractivity (Wildman–Crippen MR) is 197 cm³/mol. The summed E-state index contributed by atoms with van der Waals surface area (Å²) in [5.74, 6) is 0. The summed E-state index contributed by atoms with van der Waals surface area (Å²) in [6.45, 7) is 7.73. The molecule has 0 radical (unpaired) electrons. The van der Waals surface area contributed by atoms with Crippen molar-refractivity contribution >= 4 is 49.3 Å². The molecular weight excluding hydrogens is 585 g/mol. The van der Waals surface area contributed by atoms with Gasteiger partial charge in [-0.3, -0.25) is 0 Å². The van der Waals surface area contributed by atoms with Crippen LogP contribution in [0, 0.1) is 17.9 Å². The van der Waals surface area contributed by atoms with Crippen molar-refractivity contribution in [2.24, 2.45) is 0 Å². The fraction of sp³-hybridized carbons (Fsp3) is 0. The second-order valence-electron chi connectivity index (χ2n) is 12.0. The van der Waals surface area contributed by atoms with E-state index in [4.69, 9.17) is 6.57 Å². The molecule has 48 heavy (non-hydrogen) atoms. The van der Waals surface area contributed by atoms with Crippen LogP contribution in [-0.4, -0.2) is 9.13 Å². The lowest BCUT2D eigenvalue weighted by Crippen LogP contribution is -2.01. The average Bonchev–Trinajstić information content (AvgIpc) is 3.67. The molecule has 2 heterocycles. The molecule has 0 atom stereocenters. The molecule has 0 unspecified atom stereocenters. The van der Waals surface area contributed by atoms with Crippen LogP contribution in [0.2, 0.25) is 0 Å². The van der Waals surface area contributed by atoms with E-state index < -0.39 is 0 Å². The van der Waals surface area contributed by atoms with Gasteiger partial charge in [0, 0.05) is 27.2 Å². The molecule has 0 aliphatic rings. The molecule has 2 aromatic heterocycles. The lowest BCUT2D eigenvalue weighted by molar-refractivity contribution is 1.17. The van der Waals surface area contributed by atoms with Gasteiger partial charge in [-0.2, -0.15) is 5.26 Å². The summed E-state index contributed by atoms with van der Waals surface area (Å²) in [5, 5.41) is 15.1. The standard InChI is InChI=1S/C44H26N4/c1-46-33-24-32(28-45)44(37(27-33)29-12-4-2-5-13-29)48-41-19-11-9-17-36(41)39-26-31(21-23-43(39)48)30-20-22-42-38(25-30)35-16-8-10-18-40(35)47(42)34-14-6-3-7-15-34/h2-27H. The summed E-state index contributed by atoms with van der Waals surface area (Å²) >= 11 is 0. The monoisotopic (exact) mass is 610 g/mol. The number of hydrogen-bond donors (Lipinski definition) is 0. The summed E-state index contributed by atoms with van der Waals surface area (Å²) in [7, 11) is 0. The van der Waals surface area contributed by atoms with Crippen LogP contribution in [0.4, 0.5) is 5.69 Å². The van der Waals surface area contributed by atoms with Crippen molar-refractivity contribution < 1.29 is 0 Å². The highest BCUT2D eigenvalue weighted by Gasteiger charge is 2.21. The van der Waals surface area contributed by atoms with Gasteiger partial charge in [0.1, 0.15) is 6.07 Å². The zero-order valence-corrected chi connectivity index (χ0v) is 25.8. The van der Waals surface area contributed by atoms with Gasteiger partial charge in [0.15, 0.2) is 5.69 Å².